The van der Waals surface area contributed by atoms with Gasteiger partial charge in [0.1, 0.15) is 6.04 Å². The predicted octanol–water partition coefficient (Wildman–Crippen LogP) is 4.01. The Morgan fingerprint density at radius 3 is 2.54 bits per heavy atom. The van der Waals surface area contributed by atoms with Crippen molar-refractivity contribution in [1.29, 1.82) is 0 Å². The fourth-order valence-corrected chi connectivity index (χ4v) is 6.14. The van der Waals surface area contributed by atoms with Gasteiger partial charge in [0.2, 0.25) is 0 Å². The van der Waals surface area contributed by atoms with Gasteiger partial charge in [0.15, 0.2) is 16.3 Å². The molecule has 9 heteroatoms. The molecule has 0 bridgehead atoms. The monoisotopic (exact) mass is 532 g/mol. The highest BCUT2D eigenvalue weighted by Crippen LogP contribution is 2.37. The number of esters is 1. The molecule has 0 amide bonds. The normalized spacial score (nSPS) is 15.2. The molecule has 37 heavy (non-hydrogen) atoms. The van der Waals surface area contributed by atoms with Gasteiger partial charge in [-0.2, -0.15) is 0 Å². The quantitative estimate of drug-likeness (QED) is 0.336. The molecule has 3 heterocycles. The van der Waals surface area contributed by atoms with Crippen molar-refractivity contribution >= 4 is 40.4 Å². The number of thiazole rings is 1. The molecule has 1 atom stereocenters. The van der Waals surface area contributed by atoms with Crippen LogP contribution in [0.2, 0.25) is 0 Å². The molecule has 5 rings (SSSR count). The molecule has 0 N–H and O–H groups in total. The summed E-state index contributed by atoms with van der Waals surface area (Å²) in [6.45, 7) is 1.97. The number of benzene rings is 2. The average Bonchev–Trinajstić information content (AvgIpc) is 3.56. The van der Waals surface area contributed by atoms with E-state index in [1.54, 1.807) is 37.9 Å². The van der Waals surface area contributed by atoms with Gasteiger partial charge in [-0.1, -0.05) is 59.9 Å². The zero-order valence-corrected chi connectivity index (χ0v) is 22.1. The number of ether oxygens (including phenoxy) is 3. The smallest absolute Gasteiger partial charge is 0.338 e. The van der Waals surface area contributed by atoms with E-state index in [0.29, 0.717) is 37.7 Å². The number of fused-ring (bicyclic) bond motifs is 1. The van der Waals surface area contributed by atoms with Crippen LogP contribution in [0.25, 0.3) is 11.8 Å². The Morgan fingerprint density at radius 1 is 1.05 bits per heavy atom. The summed E-state index contributed by atoms with van der Waals surface area (Å²) in [4.78, 5) is 33.5. The molecule has 0 spiro atoms. The molecule has 0 fully saturated rings. The van der Waals surface area contributed by atoms with Crippen molar-refractivity contribution in [3.8, 4) is 11.5 Å². The van der Waals surface area contributed by atoms with Gasteiger partial charge in [-0.25, -0.2) is 9.79 Å². The van der Waals surface area contributed by atoms with Gasteiger partial charge in [0.25, 0.3) is 5.56 Å². The molecular formula is C28H24N2O5S2. The molecule has 1 aliphatic rings. The molecule has 0 radical (unpaired) electrons. The van der Waals surface area contributed by atoms with E-state index < -0.39 is 12.0 Å². The van der Waals surface area contributed by atoms with Gasteiger partial charge in [-0.05, 0) is 30.5 Å². The van der Waals surface area contributed by atoms with Crippen molar-refractivity contribution in [2.24, 2.45) is 4.99 Å². The van der Waals surface area contributed by atoms with Crippen LogP contribution in [0.5, 0.6) is 11.5 Å². The minimum absolute atomic E-state index is 0.210. The third kappa shape index (κ3) is 4.52. The second-order valence-electron chi connectivity index (χ2n) is 8.03. The summed E-state index contributed by atoms with van der Waals surface area (Å²) in [6, 6.07) is 18.2. The Kier molecular flexibility index (Phi) is 7.07. The van der Waals surface area contributed by atoms with Gasteiger partial charge in [-0.3, -0.25) is 9.36 Å². The van der Waals surface area contributed by atoms with Gasteiger partial charge in [-0.15, -0.1) is 11.3 Å². The Morgan fingerprint density at radius 2 is 1.86 bits per heavy atom. The minimum Gasteiger partial charge on any atom is -0.493 e. The van der Waals surface area contributed by atoms with Gasteiger partial charge in [0.05, 0.1) is 36.6 Å². The van der Waals surface area contributed by atoms with Crippen molar-refractivity contribution in [2.45, 2.75) is 13.0 Å². The highest BCUT2D eigenvalue weighted by atomic mass is 32.1. The second-order valence-corrected chi connectivity index (χ2v) is 10.0. The fraction of sp³-hybridized carbons (Fsp3) is 0.179. The third-order valence-corrected chi connectivity index (χ3v) is 7.81. The maximum absolute atomic E-state index is 13.9. The van der Waals surface area contributed by atoms with E-state index in [1.807, 2.05) is 60.0 Å². The Balaban J connectivity index is 1.81. The summed E-state index contributed by atoms with van der Waals surface area (Å²) in [7, 11) is 3.13. The van der Waals surface area contributed by atoms with E-state index in [4.69, 9.17) is 19.2 Å². The van der Waals surface area contributed by atoms with Crippen molar-refractivity contribution < 1.29 is 19.0 Å². The maximum Gasteiger partial charge on any atom is 0.338 e. The highest BCUT2D eigenvalue weighted by Gasteiger charge is 2.35. The Bertz CT molecular complexity index is 1650. The molecule has 2 aromatic heterocycles. The molecule has 0 saturated heterocycles. The molecular weight excluding hydrogens is 508 g/mol. The zero-order chi connectivity index (χ0) is 25.9. The van der Waals surface area contributed by atoms with E-state index in [0.717, 1.165) is 10.4 Å². The van der Waals surface area contributed by atoms with E-state index in [1.165, 1.54) is 22.7 Å². The van der Waals surface area contributed by atoms with Crippen LogP contribution in [0, 0.1) is 0 Å². The average molecular weight is 533 g/mol. The minimum atomic E-state index is -0.667. The Hall–Kier alpha value is -3.95. The summed E-state index contributed by atoms with van der Waals surface area (Å²) in [6.07, 6.45) is 1.77. The van der Waals surface area contributed by atoms with Crippen LogP contribution in [-0.4, -0.2) is 31.4 Å². The summed E-state index contributed by atoms with van der Waals surface area (Å²) in [5.74, 6) is 0.603. The number of nitrogens with zero attached hydrogens (tertiary/aromatic N) is 2. The van der Waals surface area contributed by atoms with Crippen LogP contribution in [0.1, 0.15) is 29.0 Å². The Labute approximate surface area is 221 Å². The van der Waals surface area contributed by atoms with Crippen LogP contribution in [0.3, 0.4) is 0 Å². The SMILES string of the molecule is CCOC(=O)C1=C(c2ccccc2)N=c2sc(=Cc3cccc(OC)c3OC)c(=O)n2C1c1cccs1. The standard InChI is InChI=1S/C28H24N2O5S2/c1-4-35-27(32)22-23(17-10-6-5-7-11-17)29-28-30(24(22)20-14-9-15-36-20)26(31)21(37-28)16-18-12-8-13-19(33-2)25(18)34-3/h5-16,24H,4H2,1-3H3. The number of aromatic nitrogens is 1. The fourth-order valence-electron chi connectivity index (χ4n) is 4.32. The van der Waals surface area contributed by atoms with Gasteiger partial charge in [0, 0.05) is 16.0 Å². The van der Waals surface area contributed by atoms with Crippen LogP contribution >= 0.6 is 22.7 Å². The third-order valence-electron chi connectivity index (χ3n) is 5.91. The lowest BCUT2D eigenvalue weighted by molar-refractivity contribution is -0.138. The van der Waals surface area contributed by atoms with E-state index >= 15 is 0 Å². The first-order valence-corrected chi connectivity index (χ1v) is 13.3. The first-order valence-electron chi connectivity index (χ1n) is 11.6. The number of carbonyl (C=O) groups excluding carboxylic acids is 1. The summed E-state index contributed by atoms with van der Waals surface area (Å²) < 4.78 is 18.5. The van der Waals surface area contributed by atoms with Gasteiger partial charge >= 0.3 is 5.97 Å². The van der Waals surface area contributed by atoms with E-state index in [2.05, 4.69) is 0 Å². The lowest BCUT2D eigenvalue weighted by atomic mass is 9.97. The van der Waals surface area contributed by atoms with Crippen LogP contribution < -0.4 is 24.4 Å². The molecule has 0 aliphatic carbocycles. The molecule has 188 valence electrons. The van der Waals surface area contributed by atoms with Crippen molar-refractivity contribution in [2.75, 3.05) is 20.8 Å². The lowest BCUT2D eigenvalue weighted by Gasteiger charge is -2.24. The largest absolute Gasteiger partial charge is 0.493 e. The molecule has 7 nitrogen and oxygen atoms in total. The van der Waals surface area contributed by atoms with E-state index in [9.17, 15) is 9.59 Å². The second kappa shape index (κ2) is 10.6. The molecule has 4 aromatic rings. The summed E-state index contributed by atoms with van der Waals surface area (Å²) in [5, 5.41) is 1.93. The maximum atomic E-state index is 13.9. The van der Waals surface area contributed by atoms with E-state index in [-0.39, 0.29) is 12.2 Å². The van der Waals surface area contributed by atoms with Crippen molar-refractivity contribution in [3.63, 3.8) is 0 Å². The van der Waals surface area contributed by atoms with Crippen LogP contribution in [0.15, 0.2) is 81.4 Å². The number of hydrogen-bond donors (Lipinski definition) is 0. The first kappa shape index (κ1) is 24.7. The predicted molar refractivity (Wildman–Crippen MR) is 145 cm³/mol. The van der Waals surface area contributed by atoms with Crippen LogP contribution in [-0.2, 0) is 9.53 Å². The number of thiophene rings is 1. The van der Waals surface area contributed by atoms with Crippen molar-refractivity contribution in [3.05, 3.63) is 107 Å². The highest BCUT2D eigenvalue weighted by molar-refractivity contribution is 7.10. The number of para-hydroxylation sites is 1. The molecule has 1 aliphatic heterocycles. The summed E-state index contributed by atoms with van der Waals surface area (Å²) in [5.41, 5.74) is 2.07. The number of carbonyl (C=O) groups is 1. The molecule has 2 aromatic carbocycles. The number of rotatable bonds is 7. The van der Waals surface area contributed by atoms with Crippen molar-refractivity contribution in [1.82, 2.24) is 4.57 Å². The first-order chi connectivity index (χ1) is 18.1. The topological polar surface area (TPSA) is 79.1 Å². The van der Waals surface area contributed by atoms with Crippen LogP contribution in [0.4, 0.5) is 0 Å². The number of methoxy groups -OCH3 is 2. The lowest BCUT2D eigenvalue weighted by Crippen LogP contribution is -2.39. The van der Waals surface area contributed by atoms with Gasteiger partial charge < -0.3 is 14.2 Å². The summed E-state index contributed by atoms with van der Waals surface area (Å²) >= 11 is 2.74. The molecule has 0 saturated carbocycles. The number of hydrogen-bond acceptors (Lipinski definition) is 8. The molecule has 1 unspecified atom stereocenters. The zero-order valence-electron chi connectivity index (χ0n) is 20.5.